The van der Waals surface area contributed by atoms with Crippen LogP contribution >= 0.6 is 0 Å². The topological polar surface area (TPSA) is 94.1 Å². The number of ether oxygens (including phenoxy) is 3. The maximum atomic E-state index is 12.9. The molecule has 0 radical (unpaired) electrons. The van der Waals surface area contributed by atoms with Gasteiger partial charge in [-0.05, 0) is 37.5 Å². The van der Waals surface area contributed by atoms with Crippen molar-refractivity contribution in [3.63, 3.8) is 0 Å². The van der Waals surface area contributed by atoms with Crippen molar-refractivity contribution in [2.24, 2.45) is 0 Å². The van der Waals surface area contributed by atoms with Crippen LogP contribution in [-0.4, -0.2) is 86.2 Å². The molecule has 9 nitrogen and oxygen atoms in total. The fourth-order valence-electron chi connectivity index (χ4n) is 3.26. The van der Waals surface area contributed by atoms with Gasteiger partial charge in [-0.1, -0.05) is 6.07 Å². The molecule has 1 aromatic heterocycles. The molecule has 0 bridgehead atoms. The molecule has 33 heavy (non-hydrogen) atoms. The zero-order valence-electron chi connectivity index (χ0n) is 20.2. The van der Waals surface area contributed by atoms with Crippen LogP contribution in [0.25, 0.3) is 0 Å². The lowest BCUT2D eigenvalue weighted by Gasteiger charge is -2.24. The molecule has 0 saturated carbocycles. The highest BCUT2D eigenvalue weighted by Gasteiger charge is 2.19. The van der Waals surface area contributed by atoms with Crippen molar-refractivity contribution < 1.29 is 23.8 Å². The van der Waals surface area contributed by atoms with Gasteiger partial charge in [-0.25, -0.2) is 4.98 Å². The number of benzene rings is 1. The molecule has 180 valence electrons. The van der Waals surface area contributed by atoms with Crippen LogP contribution in [0.5, 0.6) is 11.5 Å². The molecule has 0 atom stereocenters. The van der Waals surface area contributed by atoms with Crippen LogP contribution in [0.4, 0.5) is 0 Å². The standard InChI is InChI=1S/C24H34N4O5/c1-18-16-26-20(17-25-18)24(30)28(11-6-14-31-3)13-10-23(29)27(2)12-9-19-7-8-21(32-4)22(15-19)33-5/h7-8,15-17H,6,9-14H2,1-5H3. The lowest BCUT2D eigenvalue weighted by molar-refractivity contribution is -0.130. The third-order valence-corrected chi connectivity index (χ3v) is 5.27. The van der Waals surface area contributed by atoms with Crippen LogP contribution in [0, 0.1) is 6.92 Å². The number of aromatic nitrogens is 2. The fraction of sp³-hybridized carbons (Fsp3) is 0.500. The van der Waals surface area contributed by atoms with E-state index in [1.807, 2.05) is 25.1 Å². The van der Waals surface area contributed by atoms with Crippen LogP contribution in [0.3, 0.4) is 0 Å². The van der Waals surface area contributed by atoms with Crippen LogP contribution in [0.2, 0.25) is 0 Å². The number of carbonyl (C=O) groups excluding carboxylic acids is 2. The first kappa shape index (κ1) is 26.1. The van der Waals surface area contributed by atoms with Crippen LogP contribution < -0.4 is 9.47 Å². The second kappa shape index (κ2) is 13.4. The minimum Gasteiger partial charge on any atom is -0.493 e. The minimum absolute atomic E-state index is 0.0324. The minimum atomic E-state index is -0.237. The molecule has 0 aliphatic rings. The average Bonchev–Trinajstić information content (AvgIpc) is 2.84. The molecule has 1 heterocycles. The first-order valence-electron chi connectivity index (χ1n) is 10.9. The Hall–Kier alpha value is -3.20. The summed E-state index contributed by atoms with van der Waals surface area (Å²) < 4.78 is 15.7. The van der Waals surface area contributed by atoms with Crippen molar-refractivity contribution in [3.8, 4) is 11.5 Å². The Bertz CT molecular complexity index is 904. The Morgan fingerprint density at radius 1 is 0.970 bits per heavy atom. The van der Waals surface area contributed by atoms with E-state index in [2.05, 4.69) is 9.97 Å². The highest BCUT2D eigenvalue weighted by atomic mass is 16.5. The second-order valence-electron chi connectivity index (χ2n) is 7.69. The monoisotopic (exact) mass is 458 g/mol. The van der Waals surface area contributed by atoms with Gasteiger partial charge in [0.1, 0.15) is 5.69 Å². The number of carbonyl (C=O) groups is 2. The van der Waals surface area contributed by atoms with Gasteiger partial charge in [-0.3, -0.25) is 14.6 Å². The lowest BCUT2D eigenvalue weighted by Crippen LogP contribution is -2.37. The van der Waals surface area contributed by atoms with E-state index in [1.54, 1.807) is 44.4 Å². The van der Waals surface area contributed by atoms with E-state index < -0.39 is 0 Å². The molecular weight excluding hydrogens is 424 g/mol. The van der Waals surface area contributed by atoms with E-state index in [0.717, 1.165) is 11.3 Å². The van der Waals surface area contributed by atoms with E-state index in [1.165, 1.54) is 6.20 Å². The van der Waals surface area contributed by atoms with E-state index in [-0.39, 0.29) is 23.9 Å². The third kappa shape index (κ3) is 8.02. The molecule has 0 aliphatic carbocycles. The summed E-state index contributed by atoms with van der Waals surface area (Å²) in [7, 11) is 6.58. The van der Waals surface area contributed by atoms with Gasteiger partial charge in [0, 0.05) is 53.0 Å². The Balaban J connectivity index is 1.93. The summed E-state index contributed by atoms with van der Waals surface area (Å²) >= 11 is 0. The number of nitrogens with zero attached hydrogens (tertiary/aromatic N) is 4. The molecule has 2 rings (SSSR count). The normalized spacial score (nSPS) is 10.6. The van der Waals surface area contributed by atoms with Crippen LogP contribution in [0.1, 0.15) is 34.6 Å². The summed E-state index contributed by atoms with van der Waals surface area (Å²) in [4.78, 5) is 37.3. The van der Waals surface area contributed by atoms with Crippen molar-refractivity contribution in [3.05, 3.63) is 47.5 Å². The van der Waals surface area contributed by atoms with E-state index >= 15 is 0 Å². The van der Waals surface area contributed by atoms with Crippen LogP contribution in [-0.2, 0) is 16.0 Å². The van der Waals surface area contributed by atoms with Crippen molar-refractivity contribution >= 4 is 11.8 Å². The van der Waals surface area contributed by atoms with Crippen molar-refractivity contribution in [2.75, 3.05) is 54.6 Å². The zero-order valence-corrected chi connectivity index (χ0v) is 20.2. The molecule has 0 unspecified atom stereocenters. The maximum Gasteiger partial charge on any atom is 0.274 e. The molecule has 0 fully saturated rings. The summed E-state index contributed by atoms with van der Waals surface area (Å²) in [5.41, 5.74) is 2.05. The Morgan fingerprint density at radius 2 is 1.73 bits per heavy atom. The molecule has 0 spiro atoms. The summed E-state index contributed by atoms with van der Waals surface area (Å²) in [6.45, 7) is 3.68. The average molecular weight is 459 g/mol. The number of likely N-dealkylation sites (N-methyl/N-ethyl adjacent to an activating group) is 1. The molecule has 0 saturated heterocycles. The molecule has 2 amide bonds. The van der Waals surface area contributed by atoms with Gasteiger partial charge in [0.05, 0.1) is 26.1 Å². The largest absolute Gasteiger partial charge is 0.493 e. The maximum absolute atomic E-state index is 12.9. The molecule has 0 N–H and O–H groups in total. The summed E-state index contributed by atoms with van der Waals surface area (Å²) in [5.74, 6) is 1.06. The fourth-order valence-corrected chi connectivity index (χ4v) is 3.26. The predicted octanol–water partition coefficient (Wildman–Crippen LogP) is 2.37. The van der Waals surface area contributed by atoms with Gasteiger partial charge >= 0.3 is 0 Å². The number of rotatable bonds is 13. The van der Waals surface area contributed by atoms with Gasteiger partial charge in [-0.15, -0.1) is 0 Å². The molecule has 9 heteroatoms. The van der Waals surface area contributed by atoms with Crippen molar-refractivity contribution in [1.82, 2.24) is 19.8 Å². The Kier molecular flexibility index (Phi) is 10.6. The second-order valence-corrected chi connectivity index (χ2v) is 7.69. The number of hydrogen-bond acceptors (Lipinski definition) is 7. The van der Waals surface area contributed by atoms with E-state index in [0.29, 0.717) is 50.6 Å². The van der Waals surface area contributed by atoms with E-state index in [4.69, 9.17) is 14.2 Å². The van der Waals surface area contributed by atoms with Gasteiger partial charge in [0.2, 0.25) is 5.91 Å². The number of amides is 2. The highest BCUT2D eigenvalue weighted by Crippen LogP contribution is 2.27. The van der Waals surface area contributed by atoms with E-state index in [9.17, 15) is 9.59 Å². The molecular formula is C24H34N4O5. The van der Waals surface area contributed by atoms with Gasteiger partial charge in [0.15, 0.2) is 11.5 Å². The Morgan fingerprint density at radius 3 is 2.36 bits per heavy atom. The molecule has 0 aliphatic heterocycles. The SMILES string of the molecule is COCCCN(CCC(=O)N(C)CCc1ccc(OC)c(OC)c1)C(=O)c1cnc(C)cn1. The number of hydrogen-bond donors (Lipinski definition) is 0. The van der Waals surface area contributed by atoms with Gasteiger partial charge in [0.25, 0.3) is 5.91 Å². The van der Waals surface area contributed by atoms with Crippen LogP contribution in [0.15, 0.2) is 30.6 Å². The number of methoxy groups -OCH3 is 3. The molecule has 1 aromatic carbocycles. The van der Waals surface area contributed by atoms with Crippen molar-refractivity contribution in [2.45, 2.75) is 26.2 Å². The highest BCUT2D eigenvalue weighted by molar-refractivity contribution is 5.92. The van der Waals surface area contributed by atoms with Crippen molar-refractivity contribution in [1.29, 1.82) is 0 Å². The first-order valence-corrected chi connectivity index (χ1v) is 10.9. The quantitative estimate of drug-likeness (QED) is 0.425. The zero-order chi connectivity index (χ0) is 24.2. The molecule has 2 aromatic rings. The van der Waals surface area contributed by atoms with Gasteiger partial charge < -0.3 is 24.0 Å². The summed E-state index contributed by atoms with van der Waals surface area (Å²) in [6, 6.07) is 5.72. The first-order chi connectivity index (χ1) is 15.9. The summed E-state index contributed by atoms with van der Waals surface area (Å²) in [5, 5.41) is 0. The van der Waals surface area contributed by atoms with Gasteiger partial charge in [-0.2, -0.15) is 0 Å². The smallest absolute Gasteiger partial charge is 0.274 e. The Labute approximate surface area is 195 Å². The lowest BCUT2D eigenvalue weighted by atomic mass is 10.1. The number of aryl methyl sites for hydroxylation is 1. The predicted molar refractivity (Wildman–Crippen MR) is 125 cm³/mol. The third-order valence-electron chi connectivity index (χ3n) is 5.27. The summed E-state index contributed by atoms with van der Waals surface area (Å²) in [6.07, 6.45) is 4.61.